The van der Waals surface area contributed by atoms with Crippen LogP contribution in [0.3, 0.4) is 0 Å². The number of nitrogens with zero attached hydrogens (tertiary/aromatic N) is 4. The highest BCUT2D eigenvalue weighted by Crippen LogP contribution is 2.20. The molecule has 0 aliphatic carbocycles. The summed E-state index contributed by atoms with van der Waals surface area (Å²) >= 11 is 3.28. The third-order valence-electron chi connectivity index (χ3n) is 3.62. The van der Waals surface area contributed by atoms with Crippen molar-refractivity contribution >= 4 is 27.7 Å². The second kappa shape index (κ2) is 7.51. The molecule has 0 saturated heterocycles. The number of aryl methyl sites for hydroxylation is 1. The van der Waals surface area contributed by atoms with E-state index >= 15 is 0 Å². The van der Waals surface area contributed by atoms with E-state index in [4.69, 9.17) is 0 Å². The molecule has 0 fully saturated rings. The second-order valence-electron chi connectivity index (χ2n) is 5.65. The van der Waals surface area contributed by atoms with Gasteiger partial charge in [0.25, 0.3) is 0 Å². The summed E-state index contributed by atoms with van der Waals surface area (Å²) in [6, 6.07) is 1.52. The number of nitrogens with one attached hydrogen (secondary N) is 1. The number of carbonyl (C=O) groups is 1. The van der Waals surface area contributed by atoms with Gasteiger partial charge in [0.1, 0.15) is 6.54 Å². The Labute approximate surface area is 158 Å². The summed E-state index contributed by atoms with van der Waals surface area (Å²) in [5.74, 6) is -6.29. The van der Waals surface area contributed by atoms with Gasteiger partial charge >= 0.3 is 0 Å². The number of rotatable bonds is 5. The van der Waals surface area contributed by atoms with E-state index in [0.29, 0.717) is 0 Å². The predicted molar refractivity (Wildman–Crippen MR) is 90.9 cm³/mol. The quantitative estimate of drug-likeness (QED) is 0.483. The minimum atomic E-state index is -1.50. The number of amides is 1. The zero-order valence-corrected chi connectivity index (χ0v) is 15.4. The largest absolute Gasteiger partial charge is 0.308 e. The van der Waals surface area contributed by atoms with Crippen molar-refractivity contribution in [1.82, 2.24) is 19.6 Å². The molecule has 2 heterocycles. The Balaban J connectivity index is 1.69. The molecule has 0 aliphatic rings. The van der Waals surface area contributed by atoms with E-state index in [-0.39, 0.29) is 18.4 Å². The number of aromatic nitrogens is 4. The average molecular weight is 446 g/mol. The highest BCUT2D eigenvalue weighted by molar-refractivity contribution is 9.10. The molecule has 1 aromatic carbocycles. The maximum Gasteiger partial charge on any atom is 0.247 e. The van der Waals surface area contributed by atoms with Gasteiger partial charge in [-0.3, -0.25) is 14.2 Å². The van der Waals surface area contributed by atoms with Crippen LogP contribution >= 0.6 is 15.9 Å². The van der Waals surface area contributed by atoms with Gasteiger partial charge in [-0.15, -0.1) is 0 Å². The monoisotopic (exact) mass is 445 g/mol. The fourth-order valence-corrected chi connectivity index (χ4v) is 2.66. The van der Waals surface area contributed by atoms with E-state index in [0.717, 1.165) is 14.8 Å². The van der Waals surface area contributed by atoms with Crippen LogP contribution in [0.25, 0.3) is 0 Å². The summed E-state index contributed by atoms with van der Waals surface area (Å²) in [5, 5.41) is 10.5. The van der Waals surface area contributed by atoms with Gasteiger partial charge in [0, 0.05) is 24.5 Å². The van der Waals surface area contributed by atoms with Crippen LogP contribution in [0, 0.1) is 30.2 Å². The number of hydrogen-bond donors (Lipinski definition) is 1. The van der Waals surface area contributed by atoms with E-state index in [1.807, 2.05) is 0 Å². The summed E-state index contributed by atoms with van der Waals surface area (Å²) in [6.07, 6.45) is 2.95. The zero-order chi connectivity index (χ0) is 19.7. The third-order valence-corrected chi connectivity index (χ3v) is 4.40. The number of halogens is 5. The molecule has 27 heavy (non-hydrogen) atoms. The van der Waals surface area contributed by atoms with Gasteiger partial charge in [-0.2, -0.15) is 10.2 Å². The van der Waals surface area contributed by atoms with Crippen molar-refractivity contribution in [3.63, 3.8) is 0 Å². The van der Waals surface area contributed by atoms with E-state index in [1.54, 1.807) is 13.1 Å². The molecule has 142 valence electrons. The highest BCUT2D eigenvalue weighted by atomic mass is 79.9. The van der Waals surface area contributed by atoms with E-state index < -0.39 is 41.3 Å². The Morgan fingerprint density at radius 3 is 2.41 bits per heavy atom. The number of carbonyl (C=O) groups excluding carboxylic acids is 1. The second-order valence-corrected chi connectivity index (χ2v) is 6.51. The molecule has 0 unspecified atom stereocenters. The first-order valence-electron chi connectivity index (χ1n) is 7.59. The minimum Gasteiger partial charge on any atom is -0.308 e. The predicted octanol–water partition coefficient (Wildman–Crippen LogP) is 3.39. The van der Waals surface area contributed by atoms with Crippen molar-refractivity contribution in [2.75, 3.05) is 5.32 Å². The summed E-state index contributed by atoms with van der Waals surface area (Å²) in [4.78, 5) is 12.0. The molecule has 1 amide bonds. The topological polar surface area (TPSA) is 64.7 Å². The van der Waals surface area contributed by atoms with Crippen LogP contribution in [-0.2, 0) is 17.9 Å². The van der Waals surface area contributed by atoms with Gasteiger partial charge in [-0.1, -0.05) is 0 Å². The Kier molecular flexibility index (Phi) is 5.31. The molecule has 0 radical (unpaired) electrons. The molecule has 0 bridgehead atoms. The smallest absolute Gasteiger partial charge is 0.247 e. The van der Waals surface area contributed by atoms with Crippen molar-refractivity contribution < 1.29 is 22.4 Å². The lowest BCUT2D eigenvalue weighted by Crippen LogP contribution is -2.19. The summed E-state index contributed by atoms with van der Waals surface area (Å²) < 4.78 is 57.2. The molecule has 0 aliphatic heterocycles. The summed E-state index contributed by atoms with van der Waals surface area (Å²) in [6.45, 7) is 1.15. The maximum atomic E-state index is 13.7. The number of anilines is 1. The molecule has 11 heteroatoms. The highest BCUT2D eigenvalue weighted by Gasteiger charge is 2.19. The van der Waals surface area contributed by atoms with Crippen LogP contribution in [0.15, 0.2) is 29.0 Å². The van der Waals surface area contributed by atoms with Crippen molar-refractivity contribution in [1.29, 1.82) is 0 Å². The van der Waals surface area contributed by atoms with Gasteiger partial charge in [0.05, 0.1) is 22.3 Å². The van der Waals surface area contributed by atoms with Crippen LogP contribution in [-0.4, -0.2) is 25.5 Å². The van der Waals surface area contributed by atoms with Crippen LogP contribution in [0.4, 0.5) is 23.4 Å². The summed E-state index contributed by atoms with van der Waals surface area (Å²) in [5.41, 5.74) is -0.0798. The summed E-state index contributed by atoms with van der Waals surface area (Å²) in [7, 11) is 0. The molecule has 3 aromatic rings. The SMILES string of the molecule is Cc1nn(CC(=O)Nc2ccn(Cc3c(F)c(F)cc(F)c3F)n2)cc1Br. The Morgan fingerprint density at radius 1 is 1.15 bits per heavy atom. The zero-order valence-electron chi connectivity index (χ0n) is 13.8. The van der Waals surface area contributed by atoms with Gasteiger partial charge in [-0.25, -0.2) is 17.6 Å². The van der Waals surface area contributed by atoms with Crippen LogP contribution in [0.2, 0.25) is 0 Å². The lowest BCUT2D eigenvalue weighted by atomic mass is 10.2. The fourth-order valence-electron chi connectivity index (χ4n) is 2.34. The first-order chi connectivity index (χ1) is 12.7. The van der Waals surface area contributed by atoms with Crippen molar-refractivity contribution in [3.05, 3.63) is 63.5 Å². The Morgan fingerprint density at radius 2 is 1.81 bits per heavy atom. The number of benzene rings is 1. The standard InChI is InChI=1S/C16H12BrF4N5O/c1-8-10(17)6-26(23-8)7-14(27)22-13-2-3-25(24-13)5-9-15(20)11(18)4-12(19)16(9)21/h2-4,6H,5,7H2,1H3,(H,22,24,27). The molecule has 1 N–H and O–H groups in total. The molecular weight excluding hydrogens is 434 g/mol. The lowest BCUT2D eigenvalue weighted by Gasteiger charge is -2.07. The average Bonchev–Trinajstić information content (AvgIpc) is 3.16. The molecule has 0 saturated carbocycles. The first kappa shape index (κ1) is 19.1. The van der Waals surface area contributed by atoms with Gasteiger partial charge in [0.2, 0.25) is 5.91 Å². The van der Waals surface area contributed by atoms with E-state index in [9.17, 15) is 22.4 Å². The van der Waals surface area contributed by atoms with Gasteiger partial charge in [0.15, 0.2) is 29.1 Å². The molecular formula is C16H12BrF4N5O. The van der Waals surface area contributed by atoms with Gasteiger partial charge in [-0.05, 0) is 22.9 Å². The molecule has 0 atom stereocenters. The van der Waals surface area contributed by atoms with Crippen molar-refractivity contribution in [2.45, 2.75) is 20.0 Å². The normalized spacial score (nSPS) is 11.0. The third kappa shape index (κ3) is 4.18. The van der Waals surface area contributed by atoms with Crippen LogP contribution in [0.5, 0.6) is 0 Å². The van der Waals surface area contributed by atoms with E-state index in [1.165, 1.54) is 16.9 Å². The van der Waals surface area contributed by atoms with Crippen molar-refractivity contribution in [3.8, 4) is 0 Å². The maximum absolute atomic E-state index is 13.7. The molecule has 6 nitrogen and oxygen atoms in total. The van der Waals surface area contributed by atoms with E-state index in [2.05, 4.69) is 31.4 Å². The first-order valence-corrected chi connectivity index (χ1v) is 8.38. The Bertz CT molecular complexity index is 971. The number of hydrogen-bond acceptors (Lipinski definition) is 3. The molecule has 3 rings (SSSR count). The van der Waals surface area contributed by atoms with Crippen molar-refractivity contribution in [2.24, 2.45) is 0 Å². The molecule has 0 spiro atoms. The molecule has 2 aromatic heterocycles. The van der Waals surface area contributed by atoms with Gasteiger partial charge < -0.3 is 5.32 Å². The Hall–Kier alpha value is -2.69. The minimum absolute atomic E-state index is 0.0718. The fraction of sp³-hybridized carbons (Fsp3) is 0.188. The van der Waals surface area contributed by atoms with Crippen LogP contribution in [0.1, 0.15) is 11.3 Å². The van der Waals surface area contributed by atoms with Crippen LogP contribution < -0.4 is 5.32 Å². The lowest BCUT2D eigenvalue weighted by molar-refractivity contribution is -0.116.